The van der Waals surface area contributed by atoms with Crippen molar-refractivity contribution < 1.29 is 4.79 Å². The molecule has 1 fully saturated rings. The Bertz CT molecular complexity index is 951. The van der Waals surface area contributed by atoms with Gasteiger partial charge < -0.3 is 0 Å². The topological polar surface area (TPSA) is 17.1 Å². The summed E-state index contributed by atoms with van der Waals surface area (Å²) in [5, 5.41) is 2.33. The Hall–Kier alpha value is -2.89. The molecule has 0 spiro atoms. The molecule has 0 atom stereocenters. The molecular weight excluding hydrogens is 280 g/mol. The van der Waals surface area contributed by atoms with E-state index in [9.17, 15) is 4.79 Å². The molecule has 1 aliphatic rings. The van der Waals surface area contributed by atoms with Crippen molar-refractivity contribution in [1.29, 1.82) is 0 Å². The number of fused-ring (bicyclic) bond motifs is 1. The zero-order valence-corrected chi connectivity index (χ0v) is 12.8. The molecule has 3 aromatic carbocycles. The van der Waals surface area contributed by atoms with Crippen LogP contribution >= 0.6 is 0 Å². The molecule has 0 unspecified atom stereocenters. The van der Waals surface area contributed by atoms with Crippen LogP contribution in [0.3, 0.4) is 0 Å². The Kier molecular flexibility index (Phi) is 3.42. The summed E-state index contributed by atoms with van der Waals surface area (Å²) >= 11 is 0. The fourth-order valence-electron chi connectivity index (χ4n) is 2.70. The van der Waals surface area contributed by atoms with E-state index < -0.39 is 0 Å². The van der Waals surface area contributed by atoms with E-state index in [1.165, 1.54) is 11.0 Å². The number of hydrogen-bond donors (Lipinski definition) is 0. The molecule has 0 heterocycles. The zero-order chi connectivity index (χ0) is 15.6. The van der Waals surface area contributed by atoms with Crippen molar-refractivity contribution in [2.45, 2.75) is 12.8 Å². The van der Waals surface area contributed by atoms with E-state index in [4.69, 9.17) is 0 Å². The standard InChI is InChI=1S/C22H16O/c23-22(18-7-2-1-3-8-18)21(14-16-10-11-16)20-13-12-17-6-4-5-9-19(17)15-20/h1-9,12-13,15H,10-11H2. The van der Waals surface area contributed by atoms with Gasteiger partial charge in [-0.2, -0.15) is 0 Å². The third-order valence-electron chi connectivity index (χ3n) is 4.10. The van der Waals surface area contributed by atoms with Gasteiger partial charge in [0.05, 0.1) is 5.57 Å². The first kappa shape index (κ1) is 13.8. The minimum absolute atomic E-state index is 0.0419. The Labute approximate surface area is 135 Å². The van der Waals surface area contributed by atoms with Gasteiger partial charge in [-0.1, -0.05) is 66.7 Å². The minimum Gasteiger partial charge on any atom is -0.288 e. The van der Waals surface area contributed by atoms with Gasteiger partial charge in [0, 0.05) is 5.56 Å². The van der Waals surface area contributed by atoms with E-state index in [0.717, 1.165) is 23.8 Å². The van der Waals surface area contributed by atoms with Gasteiger partial charge >= 0.3 is 0 Å². The second-order valence-corrected chi connectivity index (χ2v) is 5.86. The minimum atomic E-state index is 0.0419. The van der Waals surface area contributed by atoms with Crippen molar-refractivity contribution in [3.05, 3.63) is 95.2 Å². The van der Waals surface area contributed by atoms with Crippen molar-refractivity contribution >= 4 is 22.1 Å². The van der Waals surface area contributed by atoms with Crippen LogP contribution in [0.2, 0.25) is 0 Å². The highest BCUT2D eigenvalue weighted by Crippen LogP contribution is 2.30. The van der Waals surface area contributed by atoms with Crippen molar-refractivity contribution in [2.24, 2.45) is 0 Å². The van der Waals surface area contributed by atoms with Gasteiger partial charge in [-0.25, -0.2) is 0 Å². The van der Waals surface area contributed by atoms with E-state index in [2.05, 4.69) is 30.0 Å². The summed E-state index contributed by atoms with van der Waals surface area (Å²) in [6, 6.07) is 23.8. The number of Topliss-reactive ketones (excluding diaryl/α,β-unsaturated/α-hetero) is 1. The fraction of sp³-hybridized carbons (Fsp3) is 0.0909. The highest BCUT2D eigenvalue weighted by molar-refractivity contribution is 6.29. The third kappa shape index (κ3) is 2.88. The summed E-state index contributed by atoms with van der Waals surface area (Å²) in [6.07, 6.45) is 2.11. The van der Waals surface area contributed by atoms with Crippen LogP contribution < -0.4 is 0 Å². The number of carbonyl (C=O) groups is 1. The number of rotatable bonds is 3. The van der Waals surface area contributed by atoms with Gasteiger partial charge in [-0.3, -0.25) is 4.79 Å². The van der Waals surface area contributed by atoms with Crippen LogP contribution in [-0.2, 0) is 0 Å². The van der Waals surface area contributed by atoms with Crippen LogP contribution in [0.5, 0.6) is 0 Å². The molecule has 1 saturated carbocycles. The molecule has 0 bridgehead atoms. The maximum atomic E-state index is 12.9. The largest absolute Gasteiger partial charge is 0.288 e. The molecule has 0 amide bonds. The van der Waals surface area contributed by atoms with Crippen LogP contribution in [0, 0.1) is 0 Å². The maximum Gasteiger partial charge on any atom is 0.201 e. The maximum absolute atomic E-state index is 12.9. The highest BCUT2D eigenvalue weighted by atomic mass is 16.1. The van der Waals surface area contributed by atoms with Gasteiger partial charge in [-0.15, -0.1) is 5.73 Å². The first-order chi connectivity index (χ1) is 11.3. The SMILES string of the molecule is O=C(C(=C=C1CC1)c1ccc2ccccc2c1)c1ccccc1. The molecule has 1 aliphatic carbocycles. The summed E-state index contributed by atoms with van der Waals surface area (Å²) in [5.74, 6) is 0.0419. The summed E-state index contributed by atoms with van der Waals surface area (Å²) in [5.41, 5.74) is 6.92. The average molecular weight is 296 g/mol. The Morgan fingerprint density at radius 2 is 1.43 bits per heavy atom. The van der Waals surface area contributed by atoms with Gasteiger partial charge in [0.1, 0.15) is 0 Å². The predicted molar refractivity (Wildman–Crippen MR) is 94.4 cm³/mol. The Morgan fingerprint density at radius 1 is 0.739 bits per heavy atom. The monoisotopic (exact) mass is 296 g/mol. The number of benzene rings is 3. The number of carbonyl (C=O) groups excluding carboxylic acids is 1. The number of hydrogen-bond acceptors (Lipinski definition) is 1. The molecule has 1 heteroatoms. The Balaban J connectivity index is 1.86. The van der Waals surface area contributed by atoms with Crippen molar-refractivity contribution in [3.8, 4) is 0 Å². The molecular formula is C22H16O. The molecule has 0 N–H and O–H groups in total. The lowest BCUT2D eigenvalue weighted by Gasteiger charge is -2.07. The molecule has 23 heavy (non-hydrogen) atoms. The van der Waals surface area contributed by atoms with Crippen LogP contribution in [-0.4, -0.2) is 5.78 Å². The lowest BCUT2D eigenvalue weighted by molar-refractivity contribution is 0.105. The zero-order valence-electron chi connectivity index (χ0n) is 12.8. The average Bonchev–Trinajstić information content (AvgIpc) is 3.44. The smallest absolute Gasteiger partial charge is 0.201 e. The number of allylic oxidation sites excluding steroid dienone is 1. The molecule has 4 rings (SSSR count). The first-order valence-electron chi connectivity index (χ1n) is 7.89. The van der Waals surface area contributed by atoms with Crippen molar-refractivity contribution in [1.82, 2.24) is 0 Å². The summed E-state index contributed by atoms with van der Waals surface area (Å²) in [4.78, 5) is 12.9. The van der Waals surface area contributed by atoms with Crippen LogP contribution in [0.1, 0.15) is 28.8 Å². The lowest BCUT2D eigenvalue weighted by Crippen LogP contribution is -2.02. The normalized spacial score (nSPS) is 12.8. The van der Waals surface area contributed by atoms with Gasteiger partial charge in [0.15, 0.2) is 0 Å². The van der Waals surface area contributed by atoms with E-state index in [0.29, 0.717) is 11.1 Å². The third-order valence-corrected chi connectivity index (χ3v) is 4.10. The van der Waals surface area contributed by atoms with Crippen molar-refractivity contribution in [3.63, 3.8) is 0 Å². The van der Waals surface area contributed by atoms with Crippen LogP contribution in [0.25, 0.3) is 16.3 Å². The van der Waals surface area contributed by atoms with E-state index >= 15 is 0 Å². The van der Waals surface area contributed by atoms with Gasteiger partial charge in [-0.05, 0) is 40.8 Å². The fourth-order valence-corrected chi connectivity index (χ4v) is 2.70. The molecule has 3 aromatic rings. The van der Waals surface area contributed by atoms with Crippen LogP contribution in [0.15, 0.2) is 84.1 Å². The molecule has 0 aliphatic heterocycles. The first-order valence-corrected chi connectivity index (χ1v) is 7.89. The summed E-state index contributed by atoms with van der Waals surface area (Å²) in [7, 11) is 0. The second kappa shape index (κ2) is 5.72. The second-order valence-electron chi connectivity index (χ2n) is 5.86. The molecule has 1 nitrogen and oxygen atoms in total. The predicted octanol–water partition coefficient (Wildman–Crippen LogP) is 5.43. The quantitative estimate of drug-likeness (QED) is 0.358. The molecule has 0 aromatic heterocycles. The molecule has 0 saturated heterocycles. The lowest BCUT2D eigenvalue weighted by atomic mass is 9.95. The van der Waals surface area contributed by atoms with E-state index in [1.54, 1.807) is 0 Å². The van der Waals surface area contributed by atoms with Crippen molar-refractivity contribution in [2.75, 3.05) is 0 Å². The van der Waals surface area contributed by atoms with Crippen LogP contribution in [0.4, 0.5) is 0 Å². The summed E-state index contributed by atoms with van der Waals surface area (Å²) in [6.45, 7) is 0. The van der Waals surface area contributed by atoms with Gasteiger partial charge in [0.25, 0.3) is 0 Å². The highest BCUT2D eigenvalue weighted by Gasteiger charge is 2.17. The Morgan fingerprint density at radius 3 is 2.17 bits per heavy atom. The summed E-state index contributed by atoms with van der Waals surface area (Å²) < 4.78 is 0. The van der Waals surface area contributed by atoms with Gasteiger partial charge in [0.2, 0.25) is 5.78 Å². The van der Waals surface area contributed by atoms with E-state index in [-0.39, 0.29) is 5.78 Å². The molecule has 110 valence electrons. The number of ketones is 1. The molecule has 0 radical (unpaired) electrons. The van der Waals surface area contributed by atoms with E-state index in [1.807, 2.05) is 48.5 Å².